The summed E-state index contributed by atoms with van der Waals surface area (Å²) in [4.78, 5) is 0. The van der Waals surface area contributed by atoms with E-state index in [1.165, 1.54) is 88.8 Å². The van der Waals surface area contributed by atoms with Gasteiger partial charge in [0.25, 0.3) is 0 Å². The Morgan fingerprint density at radius 3 is 1.38 bits per heavy atom. The summed E-state index contributed by atoms with van der Waals surface area (Å²) in [5.74, 6) is 1.58. The molecule has 2 fully saturated rings. The molecule has 0 bridgehead atoms. The molecule has 2 rings (SSSR count). The summed E-state index contributed by atoms with van der Waals surface area (Å²) in [5.41, 5.74) is 26.6. The van der Waals surface area contributed by atoms with Crippen LogP contribution in [0, 0.1) is 11.8 Å². The van der Waals surface area contributed by atoms with Gasteiger partial charge in [-0.1, -0.05) is 60.8 Å². The van der Waals surface area contributed by atoms with Crippen LogP contribution in [0.2, 0.25) is 0 Å². The molecule has 0 aromatic carbocycles. The molecule has 2 aliphatic carbocycles. The largest absolute Gasteiger partial charge is 1.00 e. The molecule has 6 atom stereocenters. The van der Waals surface area contributed by atoms with Crippen LogP contribution in [-0.4, -0.2) is 110 Å². The fourth-order valence-electron chi connectivity index (χ4n) is 3.32. The van der Waals surface area contributed by atoms with Crippen molar-refractivity contribution in [1.29, 1.82) is 0 Å². The maximum absolute atomic E-state index is 8.74. The molecular formula is C18H45Cl6K2N4NaO5Pt2S. The van der Waals surface area contributed by atoms with Gasteiger partial charge >= 0.3 is 188 Å². The van der Waals surface area contributed by atoms with E-state index in [9.17, 15) is 0 Å². The predicted octanol–water partition coefficient (Wildman–Crippen LogP) is 4.71. The molecular weight excluding hydrogens is 1090 g/mol. The molecule has 9 nitrogen and oxygen atoms in total. The smallest absolute Gasteiger partial charge is 0.870 e. The third-order valence-electron chi connectivity index (χ3n) is 5.18. The van der Waals surface area contributed by atoms with Gasteiger partial charge in [-0.05, 0) is 31.1 Å². The van der Waals surface area contributed by atoms with E-state index in [0.29, 0.717) is 0 Å². The van der Waals surface area contributed by atoms with Crippen LogP contribution in [0.1, 0.15) is 80.1 Å². The number of hydrogen-bond donors (Lipinski definition) is 4. The van der Waals surface area contributed by atoms with Crippen LogP contribution in [0.25, 0.3) is 11.5 Å². The minimum absolute atomic E-state index is 0. The molecule has 0 saturated heterocycles. The predicted molar refractivity (Wildman–Crippen MR) is 164 cm³/mol. The zero-order valence-corrected chi connectivity index (χ0v) is 39.9. The van der Waals surface area contributed by atoms with Gasteiger partial charge in [0, 0.05) is 12.1 Å². The van der Waals surface area contributed by atoms with Crippen molar-refractivity contribution in [3.05, 3.63) is 11.5 Å². The number of halogens is 6. The summed E-state index contributed by atoms with van der Waals surface area (Å²) in [6.45, 7) is 4.41. The Hall–Kier alpha value is 7.06. The van der Waals surface area contributed by atoms with Crippen LogP contribution in [0.5, 0.6) is 0 Å². The Morgan fingerprint density at radius 1 is 0.846 bits per heavy atom. The third kappa shape index (κ3) is 60.8. The monoisotopic (exact) mass is 1130 g/mol. The van der Waals surface area contributed by atoms with Crippen LogP contribution in [-0.2, 0) is 38.8 Å². The zero-order valence-electron chi connectivity index (χ0n) is 21.7. The SMILES string of the molecule is C.C.CCC1CCC(N)C(N)C1.CCC1CCC([NH-])C([NH-])C1.O=S(=O)(O)O.[Cl][Pt+2][Cl].[Cl][Pt]([Cl])([Cl])[Cl].[K][K].[Na+].[OH-]. The minimum atomic E-state index is -4.67. The van der Waals surface area contributed by atoms with Gasteiger partial charge in [-0.2, -0.15) is 20.5 Å². The molecule has 0 heterocycles. The van der Waals surface area contributed by atoms with E-state index < -0.39 is 38.8 Å². The van der Waals surface area contributed by atoms with Crippen LogP contribution < -0.4 is 41.0 Å². The van der Waals surface area contributed by atoms with Gasteiger partial charge in [0.05, 0.1) is 0 Å². The fourth-order valence-corrected chi connectivity index (χ4v) is 3.32. The van der Waals surface area contributed by atoms with Gasteiger partial charge < -0.3 is 28.4 Å². The van der Waals surface area contributed by atoms with Gasteiger partial charge in [0.2, 0.25) is 0 Å². The Balaban J connectivity index is -0.0000000521. The Kier molecular flexibility index (Phi) is 68.3. The van der Waals surface area contributed by atoms with E-state index in [0.717, 1.165) is 37.5 Å². The molecule has 21 heteroatoms. The molecule has 2 aliphatic rings. The van der Waals surface area contributed by atoms with Crippen molar-refractivity contribution in [3.63, 3.8) is 0 Å². The van der Waals surface area contributed by atoms with E-state index in [4.69, 9.17) is 97.0 Å². The fraction of sp³-hybridized carbons (Fsp3) is 1.00. The number of rotatable bonds is 2. The van der Waals surface area contributed by atoms with Crippen molar-refractivity contribution >= 4 is 130 Å². The quantitative estimate of drug-likeness (QED) is 0.227. The molecule has 0 aliphatic heterocycles. The minimum Gasteiger partial charge on any atom is -0.870 e. The van der Waals surface area contributed by atoms with Crippen LogP contribution in [0.3, 0.4) is 0 Å². The van der Waals surface area contributed by atoms with E-state index in [2.05, 4.69) is 13.8 Å². The number of nitrogens with one attached hydrogen (secondary N) is 2. The van der Waals surface area contributed by atoms with E-state index in [-0.39, 0.29) is 74.1 Å². The van der Waals surface area contributed by atoms with Crippen molar-refractivity contribution in [2.45, 2.75) is 104 Å². The van der Waals surface area contributed by atoms with Gasteiger partial charge in [0.15, 0.2) is 0 Å². The van der Waals surface area contributed by atoms with Crippen molar-refractivity contribution in [3.8, 4) is 0 Å². The summed E-state index contributed by atoms with van der Waals surface area (Å²) < 4.78 is 31.6. The molecule has 2 saturated carbocycles. The van der Waals surface area contributed by atoms with E-state index in [1.807, 2.05) is 0 Å². The topological polar surface area (TPSA) is 204 Å². The van der Waals surface area contributed by atoms with Gasteiger partial charge in [-0.25, -0.2) is 0 Å². The first-order valence-electron chi connectivity index (χ1n) is 10.8. The molecule has 0 aromatic heterocycles. The zero-order chi connectivity index (χ0) is 28.8. The second kappa shape index (κ2) is 41.2. The van der Waals surface area contributed by atoms with Crippen LogP contribution in [0.4, 0.5) is 0 Å². The van der Waals surface area contributed by atoms with Crippen LogP contribution >= 0.6 is 56.5 Å². The molecule has 238 valence electrons. The summed E-state index contributed by atoms with van der Waals surface area (Å²) in [6.07, 6.45) is 9.10. The van der Waals surface area contributed by atoms with Gasteiger partial charge in [-0.15, -0.1) is 0 Å². The van der Waals surface area contributed by atoms with Gasteiger partial charge in [0.1, 0.15) is 0 Å². The second-order valence-electron chi connectivity index (χ2n) is 7.48. The molecule has 0 aromatic rings. The van der Waals surface area contributed by atoms with Crippen molar-refractivity contribution in [2.24, 2.45) is 23.3 Å². The Morgan fingerprint density at radius 2 is 1.13 bits per heavy atom. The average Bonchev–Trinajstić information content (AvgIpc) is 2.72. The maximum atomic E-state index is 8.74. The Labute approximate surface area is 341 Å². The molecule has 0 radical (unpaired) electrons. The molecule has 9 N–H and O–H groups in total. The molecule has 0 amide bonds. The molecule has 6 unspecified atom stereocenters. The first-order chi connectivity index (χ1) is 15.9. The average molecular weight is 1130 g/mol. The van der Waals surface area contributed by atoms with Crippen molar-refractivity contribution in [1.82, 2.24) is 0 Å². The van der Waals surface area contributed by atoms with Crippen molar-refractivity contribution < 1.29 is 80.9 Å². The summed E-state index contributed by atoms with van der Waals surface area (Å²) in [6, 6.07) is 0.336. The normalized spacial score (nSPS) is 25.6. The van der Waals surface area contributed by atoms with Gasteiger partial charge in [-0.3, -0.25) is 9.11 Å². The van der Waals surface area contributed by atoms with E-state index in [1.54, 1.807) is 0 Å². The number of hydrogen-bond acceptors (Lipinski definition) is 5. The molecule has 0 spiro atoms. The summed E-state index contributed by atoms with van der Waals surface area (Å²) in [5, 5.41) is 0. The van der Waals surface area contributed by atoms with Crippen LogP contribution in [0.15, 0.2) is 0 Å². The third-order valence-corrected chi connectivity index (χ3v) is 5.18. The Bertz CT molecular complexity index is 553. The summed E-state index contributed by atoms with van der Waals surface area (Å²) >= 11 is -1.03. The van der Waals surface area contributed by atoms with E-state index >= 15 is 0 Å². The second-order valence-corrected chi connectivity index (χ2v) is 31.4. The number of nitrogens with two attached hydrogens (primary N) is 2. The van der Waals surface area contributed by atoms with Crippen molar-refractivity contribution in [2.75, 3.05) is 0 Å². The maximum Gasteiger partial charge on any atom is 1.00 e. The summed E-state index contributed by atoms with van der Waals surface area (Å²) in [7, 11) is 25.1. The first kappa shape index (κ1) is 64.6. The standard InChI is InChI=1S/C8H18N2.C8H16N2.2CH4.6ClH.2K.Na.H2O4S.H2O.2Pt/c2*1-2-6-3-4-7(9)8(10)5-6;;;;;;;;;;;;1-5(2,3)4;;;/h6-8H,2-5,9-10H2,1H3;6-10H,2-5H2,1H3;2*1H4;6*1H;;;;(H2,1,2,3,4);1H2;;/q;-2;;;;;;;;;;;+1;;;2*+4/p-7. The molecule has 39 heavy (non-hydrogen) atoms. The first-order valence-corrected chi connectivity index (χ1v) is 45.1.